The Morgan fingerprint density at radius 1 is 1.18 bits per heavy atom. The van der Waals surface area contributed by atoms with Crippen molar-refractivity contribution in [3.8, 4) is 0 Å². The van der Waals surface area contributed by atoms with E-state index in [0.29, 0.717) is 0 Å². The van der Waals surface area contributed by atoms with E-state index in [1.54, 1.807) is 14.0 Å². The summed E-state index contributed by atoms with van der Waals surface area (Å²) in [6.45, 7) is 7.44. The maximum atomic E-state index is 12.0. The molecule has 0 saturated heterocycles. The first kappa shape index (κ1) is 18.0. The second kappa shape index (κ2) is 7.82. The van der Waals surface area contributed by atoms with Gasteiger partial charge in [-0.2, -0.15) is 0 Å². The monoisotopic (exact) mass is 307 g/mol. The van der Waals surface area contributed by atoms with Crippen molar-refractivity contribution in [2.75, 3.05) is 7.05 Å². The van der Waals surface area contributed by atoms with E-state index < -0.39 is 11.7 Å². The second-order valence-electron chi connectivity index (χ2n) is 6.29. The smallest absolute Gasteiger partial charge is 0.410 e. The van der Waals surface area contributed by atoms with Gasteiger partial charge in [0.2, 0.25) is 0 Å². The molecule has 0 aliphatic heterocycles. The number of carbonyl (C=O) groups is 2. The van der Waals surface area contributed by atoms with Crippen LogP contribution >= 0.6 is 0 Å². The zero-order valence-electron chi connectivity index (χ0n) is 14.0. The Balaban J connectivity index is 2.43. The van der Waals surface area contributed by atoms with Gasteiger partial charge in [-0.3, -0.25) is 4.79 Å². The summed E-state index contributed by atoms with van der Waals surface area (Å²) in [5.74, 6) is -0.331. The summed E-state index contributed by atoms with van der Waals surface area (Å²) in [5, 5.41) is 0. The van der Waals surface area contributed by atoms with Gasteiger partial charge in [-0.05, 0) is 33.3 Å². The van der Waals surface area contributed by atoms with Gasteiger partial charge in [-0.1, -0.05) is 30.3 Å². The number of amides is 1. The van der Waals surface area contributed by atoms with Gasteiger partial charge in [-0.25, -0.2) is 4.79 Å². The summed E-state index contributed by atoms with van der Waals surface area (Å²) in [7, 11) is 1.61. The maximum Gasteiger partial charge on any atom is 0.410 e. The topological polar surface area (TPSA) is 55.8 Å². The molecule has 0 N–H and O–H groups in total. The highest BCUT2D eigenvalue weighted by Gasteiger charge is 2.23. The van der Waals surface area contributed by atoms with E-state index in [1.807, 2.05) is 51.1 Å². The van der Waals surface area contributed by atoms with E-state index in [4.69, 9.17) is 9.47 Å². The minimum absolute atomic E-state index is 0.133. The molecule has 0 saturated carbocycles. The highest BCUT2D eigenvalue weighted by molar-refractivity contribution is 5.73. The number of esters is 1. The Hall–Kier alpha value is -2.04. The zero-order valence-corrected chi connectivity index (χ0v) is 14.0. The maximum absolute atomic E-state index is 12.0. The normalized spacial score (nSPS) is 12.4. The van der Waals surface area contributed by atoms with E-state index in [2.05, 4.69) is 0 Å². The first-order valence-electron chi connectivity index (χ1n) is 7.34. The average molecular weight is 307 g/mol. The molecule has 0 fully saturated rings. The molecule has 5 heteroatoms. The van der Waals surface area contributed by atoms with Crippen LogP contribution < -0.4 is 0 Å². The van der Waals surface area contributed by atoms with E-state index in [1.165, 1.54) is 4.90 Å². The van der Waals surface area contributed by atoms with Crippen molar-refractivity contribution in [1.29, 1.82) is 0 Å². The molecule has 0 aliphatic carbocycles. The van der Waals surface area contributed by atoms with E-state index in [-0.39, 0.29) is 25.0 Å². The summed E-state index contributed by atoms with van der Waals surface area (Å²) in [5.41, 5.74) is 0.396. The number of hydrogen-bond acceptors (Lipinski definition) is 4. The third-order valence-corrected chi connectivity index (χ3v) is 3.04. The van der Waals surface area contributed by atoms with Gasteiger partial charge in [0.05, 0.1) is 6.42 Å². The fraction of sp³-hybridized carbons (Fsp3) is 0.529. The highest BCUT2D eigenvalue weighted by Crippen LogP contribution is 2.12. The zero-order chi connectivity index (χ0) is 16.8. The van der Waals surface area contributed by atoms with Crippen LogP contribution in [0.5, 0.6) is 0 Å². The van der Waals surface area contributed by atoms with Crippen molar-refractivity contribution in [1.82, 2.24) is 4.90 Å². The Kier molecular flexibility index (Phi) is 6.40. The molecule has 0 aromatic heterocycles. The molecule has 5 nitrogen and oxygen atoms in total. The molecule has 1 rings (SSSR count). The molecule has 1 aromatic carbocycles. The van der Waals surface area contributed by atoms with Crippen LogP contribution in [-0.4, -0.2) is 35.7 Å². The molecule has 22 heavy (non-hydrogen) atoms. The molecule has 122 valence electrons. The Morgan fingerprint density at radius 3 is 2.32 bits per heavy atom. The molecule has 1 aromatic rings. The number of rotatable bonds is 5. The Labute approximate surface area is 132 Å². The lowest BCUT2D eigenvalue weighted by Gasteiger charge is -2.25. The van der Waals surface area contributed by atoms with Crippen molar-refractivity contribution < 1.29 is 19.1 Å². The minimum atomic E-state index is -0.525. The van der Waals surface area contributed by atoms with E-state index >= 15 is 0 Å². The van der Waals surface area contributed by atoms with Crippen molar-refractivity contribution in [2.45, 2.75) is 52.4 Å². The van der Waals surface area contributed by atoms with Crippen LogP contribution in [0.25, 0.3) is 0 Å². The predicted molar refractivity (Wildman–Crippen MR) is 84.3 cm³/mol. The first-order valence-corrected chi connectivity index (χ1v) is 7.34. The van der Waals surface area contributed by atoms with Crippen LogP contribution in [-0.2, 0) is 20.9 Å². The van der Waals surface area contributed by atoms with Crippen molar-refractivity contribution in [2.24, 2.45) is 0 Å². The number of benzene rings is 1. The summed E-state index contributed by atoms with van der Waals surface area (Å²) in [6.07, 6.45) is -0.325. The largest absolute Gasteiger partial charge is 0.460 e. The molecule has 0 aliphatic rings. The number of hydrogen-bond donors (Lipinski definition) is 0. The van der Waals surface area contributed by atoms with Crippen LogP contribution in [0.1, 0.15) is 39.7 Å². The van der Waals surface area contributed by atoms with E-state index in [0.717, 1.165) is 5.56 Å². The molecule has 0 heterocycles. The van der Waals surface area contributed by atoms with Crippen molar-refractivity contribution in [3.63, 3.8) is 0 Å². The number of carbonyl (C=O) groups excluding carboxylic acids is 2. The van der Waals surface area contributed by atoms with Gasteiger partial charge in [0, 0.05) is 13.1 Å². The lowest BCUT2D eigenvalue weighted by molar-refractivity contribution is -0.155. The average Bonchev–Trinajstić information content (AvgIpc) is 2.42. The van der Waals surface area contributed by atoms with Crippen LogP contribution in [0, 0.1) is 0 Å². The summed E-state index contributed by atoms with van der Waals surface area (Å²) < 4.78 is 10.5. The third kappa shape index (κ3) is 6.61. The second-order valence-corrected chi connectivity index (χ2v) is 6.29. The van der Waals surface area contributed by atoms with Gasteiger partial charge in [0.1, 0.15) is 12.2 Å². The molecular weight excluding hydrogens is 282 g/mol. The summed E-state index contributed by atoms with van der Waals surface area (Å²) in [4.78, 5) is 25.2. The summed E-state index contributed by atoms with van der Waals surface area (Å²) in [6, 6.07) is 9.16. The Morgan fingerprint density at radius 2 is 1.77 bits per heavy atom. The molecule has 0 bridgehead atoms. The van der Waals surface area contributed by atoms with Gasteiger partial charge in [-0.15, -0.1) is 0 Å². The molecule has 1 amide bonds. The van der Waals surface area contributed by atoms with Gasteiger partial charge in [0.25, 0.3) is 0 Å². The van der Waals surface area contributed by atoms with E-state index in [9.17, 15) is 9.59 Å². The van der Waals surface area contributed by atoms with Crippen LogP contribution in [0.2, 0.25) is 0 Å². The van der Waals surface area contributed by atoms with Crippen molar-refractivity contribution in [3.05, 3.63) is 35.9 Å². The molecule has 0 radical (unpaired) electrons. The lowest BCUT2D eigenvalue weighted by Crippen LogP contribution is -2.38. The molecular formula is C17H25NO4. The number of ether oxygens (including phenoxy) is 2. The van der Waals surface area contributed by atoms with Crippen molar-refractivity contribution >= 4 is 12.1 Å². The SMILES string of the molecule is C[C@@H](CC(=O)OC(C)(C)C)N(C)C(=O)OCc1ccccc1. The lowest BCUT2D eigenvalue weighted by atomic mass is 10.2. The fourth-order valence-corrected chi connectivity index (χ4v) is 1.76. The number of nitrogens with zero attached hydrogens (tertiary/aromatic N) is 1. The first-order chi connectivity index (χ1) is 10.2. The molecule has 0 unspecified atom stereocenters. The summed E-state index contributed by atoms with van der Waals surface area (Å²) >= 11 is 0. The predicted octanol–water partition coefficient (Wildman–Crippen LogP) is 3.38. The molecule has 0 spiro atoms. The third-order valence-electron chi connectivity index (χ3n) is 3.04. The van der Waals surface area contributed by atoms with Crippen LogP contribution in [0.3, 0.4) is 0 Å². The molecule has 1 atom stereocenters. The van der Waals surface area contributed by atoms with Gasteiger partial charge in [0.15, 0.2) is 0 Å². The highest BCUT2D eigenvalue weighted by atomic mass is 16.6. The van der Waals surface area contributed by atoms with Gasteiger partial charge < -0.3 is 14.4 Å². The van der Waals surface area contributed by atoms with Crippen LogP contribution in [0.15, 0.2) is 30.3 Å². The van der Waals surface area contributed by atoms with Crippen LogP contribution in [0.4, 0.5) is 4.79 Å². The quantitative estimate of drug-likeness (QED) is 0.783. The minimum Gasteiger partial charge on any atom is -0.460 e. The Bertz CT molecular complexity index is 493. The fourth-order valence-electron chi connectivity index (χ4n) is 1.76. The standard InChI is InChI=1S/C17H25NO4/c1-13(11-15(19)22-17(2,3)4)18(5)16(20)21-12-14-9-7-6-8-10-14/h6-10,13H,11-12H2,1-5H3/t13-/m0/s1. The van der Waals surface area contributed by atoms with Gasteiger partial charge >= 0.3 is 12.1 Å².